The third-order valence-corrected chi connectivity index (χ3v) is 7.32. The van der Waals surface area contributed by atoms with Crippen molar-refractivity contribution in [2.45, 2.75) is 30.8 Å². The van der Waals surface area contributed by atoms with Gasteiger partial charge in [0, 0.05) is 18.8 Å². The van der Waals surface area contributed by atoms with E-state index in [9.17, 15) is 14.4 Å². The van der Waals surface area contributed by atoms with Gasteiger partial charge in [-0.15, -0.1) is 0 Å². The molecule has 41 heavy (non-hydrogen) atoms. The Bertz CT molecular complexity index is 1460. The van der Waals surface area contributed by atoms with Crippen molar-refractivity contribution in [1.29, 1.82) is 0 Å². The number of fused-ring (bicyclic) bond motifs is 3. The highest BCUT2D eigenvalue weighted by Gasteiger charge is 2.31. The van der Waals surface area contributed by atoms with Gasteiger partial charge in [-0.1, -0.05) is 109 Å². The van der Waals surface area contributed by atoms with Crippen molar-refractivity contribution >= 4 is 18.0 Å². The van der Waals surface area contributed by atoms with E-state index >= 15 is 0 Å². The van der Waals surface area contributed by atoms with Crippen LogP contribution in [-0.4, -0.2) is 43.8 Å². The number of ether oxygens (including phenoxy) is 2. The molecule has 0 unspecified atom stereocenters. The van der Waals surface area contributed by atoms with E-state index in [0.29, 0.717) is 0 Å². The van der Waals surface area contributed by atoms with Crippen molar-refractivity contribution < 1.29 is 23.9 Å². The third-order valence-electron chi connectivity index (χ3n) is 7.32. The van der Waals surface area contributed by atoms with E-state index in [1.807, 2.05) is 97.1 Å². The maximum absolute atomic E-state index is 13.5. The number of alkyl carbamates (subject to hydrolysis) is 1. The summed E-state index contributed by atoms with van der Waals surface area (Å²) in [7, 11) is 1.28. The average Bonchev–Trinajstić information content (AvgIpc) is 3.33. The molecule has 0 saturated heterocycles. The lowest BCUT2D eigenvalue weighted by Crippen LogP contribution is -2.53. The minimum absolute atomic E-state index is 0.107. The lowest BCUT2D eigenvalue weighted by molar-refractivity contribution is -0.145. The molecule has 4 aromatic carbocycles. The smallest absolute Gasteiger partial charge is 0.407 e. The minimum Gasteiger partial charge on any atom is -0.467 e. The highest BCUT2D eigenvalue weighted by molar-refractivity contribution is 5.90. The predicted molar refractivity (Wildman–Crippen MR) is 156 cm³/mol. The van der Waals surface area contributed by atoms with Crippen LogP contribution in [0.25, 0.3) is 11.1 Å². The number of methoxy groups -OCH3 is 1. The summed E-state index contributed by atoms with van der Waals surface area (Å²) >= 11 is 0. The van der Waals surface area contributed by atoms with Crippen LogP contribution in [-0.2, 0) is 31.9 Å². The maximum Gasteiger partial charge on any atom is 0.407 e. The van der Waals surface area contributed by atoms with Gasteiger partial charge in [-0.3, -0.25) is 4.79 Å². The predicted octanol–water partition coefficient (Wildman–Crippen LogP) is 5.04. The molecule has 0 saturated carbocycles. The van der Waals surface area contributed by atoms with Crippen molar-refractivity contribution in [1.82, 2.24) is 10.6 Å². The summed E-state index contributed by atoms with van der Waals surface area (Å²) in [6, 6.07) is 33.0. The Balaban J connectivity index is 1.29. The first-order valence-corrected chi connectivity index (χ1v) is 13.6. The fraction of sp³-hybridized carbons (Fsp3) is 0.206. The summed E-state index contributed by atoms with van der Waals surface area (Å²) < 4.78 is 10.7. The molecule has 0 bridgehead atoms. The lowest BCUT2D eigenvalue weighted by Gasteiger charge is -2.23. The van der Waals surface area contributed by atoms with E-state index in [1.54, 1.807) is 0 Å². The van der Waals surface area contributed by atoms with Crippen LogP contribution in [0.4, 0.5) is 4.79 Å². The summed E-state index contributed by atoms with van der Waals surface area (Å²) in [4.78, 5) is 39.2. The fourth-order valence-corrected chi connectivity index (χ4v) is 5.30. The molecule has 0 aromatic heterocycles. The number of hydrogen-bond acceptors (Lipinski definition) is 5. The van der Waals surface area contributed by atoms with Crippen LogP contribution in [0.15, 0.2) is 109 Å². The zero-order valence-electron chi connectivity index (χ0n) is 22.8. The first-order valence-electron chi connectivity index (χ1n) is 13.6. The van der Waals surface area contributed by atoms with Crippen LogP contribution in [0.5, 0.6) is 0 Å². The van der Waals surface area contributed by atoms with E-state index in [-0.39, 0.29) is 25.4 Å². The Morgan fingerprint density at radius 1 is 0.659 bits per heavy atom. The SMILES string of the molecule is COC(=O)[C@H](Cc1ccccc1)NC(=O)[C@H](Cc1ccccc1)NC(=O)OCC1c2ccccc2-c2ccccc21. The average molecular weight is 549 g/mol. The van der Waals surface area contributed by atoms with Crippen molar-refractivity contribution in [2.75, 3.05) is 13.7 Å². The topological polar surface area (TPSA) is 93.7 Å². The van der Waals surface area contributed by atoms with Crippen molar-refractivity contribution in [3.05, 3.63) is 131 Å². The lowest BCUT2D eigenvalue weighted by atomic mass is 9.98. The Hall–Kier alpha value is -4.91. The second-order valence-corrected chi connectivity index (χ2v) is 9.99. The van der Waals surface area contributed by atoms with E-state index < -0.39 is 30.1 Å². The molecule has 1 aliphatic carbocycles. The molecule has 0 heterocycles. The molecule has 2 atom stereocenters. The van der Waals surface area contributed by atoms with Crippen molar-refractivity contribution in [2.24, 2.45) is 0 Å². The zero-order valence-corrected chi connectivity index (χ0v) is 22.8. The monoisotopic (exact) mass is 548 g/mol. The molecule has 5 rings (SSSR count). The Kier molecular flexibility index (Phi) is 8.74. The molecule has 7 nitrogen and oxygen atoms in total. The van der Waals surface area contributed by atoms with Gasteiger partial charge in [-0.2, -0.15) is 0 Å². The molecule has 4 aromatic rings. The highest BCUT2D eigenvalue weighted by atomic mass is 16.5. The standard InChI is InChI=1S/C34H32N2O5/c1-40-33(38)31(21-24-14-6-3-7-15-24)35-32(37)30(20-23-12-4-2-5-13-23)36-34(39)41-22-29-27-18-10-8-16-25(27)26-17-9-11-19-28(26)29/h2-19,29-31H,20-22H2,1H3,(H,35,37)(H,36,39)/t30-,31-/m0/s1. The number of benzene rings is 4. The second kappa shape index (κ2) is 13.0. The summed E-state index contributed by atoms with van der Waals surface area (Å²) in [6.07, 6.45) is -0.237. The molecule has 7 heteroatoms. The Morgan fingerprint density at radius 3 is 1.68 bits per heavy atom. The molecule has 1 aliphatic rings. The van der Waals surface area contributed by atoms with Crippen LogP contribution in [0, 0.1) is 0 Å². The number of hydrogen-bond donors (Lipinski definition) is 2. The van der Waals surface area contributed by atoms with Crippen LogP contribution in [0.1, 0.15) is 28.2 Å². The summed E-state index contributed by atoms with van der Waals surface area (Å²) in [5, 5.41) is 5.52. The number of esters is 1. The quantitative estimate of drug-likeness (QED) is 0.271. The summed E-state index contributed by atoms with van der Waals surface area (Å²) in [5.41, 5.74) is 6.18. The molecule has 208 valence electrons. The van der Waals surface area contributed by atoms with E-state index in [4.69, 9.17) is 9.47 Å². The van der Waals surface area contributed by atoms with E-state index in [1.165, 1.54) is 7.11 Å². The molecule has 0 radical (unpaired) electrons. The van der Waals surface area contributed by atoms with E-state index in [0.717, 1.165) is 33.4 Å². The number of carbonyl (C=O) groups excluding carboxylic acids is 3. The zero-order chi connectivity index (χ0) is 28.6. The van der Waals surface area contributed by atoms with Crippen LogP contribution in [0.2, 0.25) is 0 Å². The maximum atomic E-state index is 13.5. The minimum atomic E-state index is -0.976. The van der Waals surface area contributed by atoms with Crippen molar-refractivity contribution in [3.63, 3.8) is 0 Å². The van der Waals surface area contributed by atoms with Crippen LogP contribution < -0.4 is 10.6 Å². The van der Waals surface area contributed by atoms with E-state index in [2.05, 4.69) is 22.8 Å². The van der Waals surface area contributed by atoms with Gasteiger partial charge in [0.05, 0.1) is 7.11 Å². The van der Waals surface area contributed by atoms with Gasteiger partial charge in [0.2, 0.25) is 5.91 Å². The Labute approximate surface area is 239 Å². The first-order chi connectivity index (χ1) is 20.0. The molecular weight excluding hydrogens is 516 g/mol. The number of nitrogens with one attached hydrogen (secondary N) is 2. The fourth-order valence-electron chi connectivity index (χ4n) is 5.30. The first kappa shape index (κ1) is 27.6. The highest BCUT2D eigenvalue weighted by Crippen LogP contribution is 2.44. The summed E-state index contributed by atoms with van der Waals surface area (Å²) in [6.45, 7) is 0.123. The molecular formula is C34H32N2O5. The van der Waals surface area contributed by atoms with Gasteiger partial charge in [0.15, 0.2) is 0 Å². The van der Waals surface area contributed by atoms with Gasteiger partial charge in [-0.05, 0) is 33.4 Å². The molecule has 2 amide bonds. The second-order valence-electron chi connectivity index (χ2n) is 9.99. The number of amides is 2. The van der Waals surface area contributed by atoms with Gasteiger partial charge in [0.25, 0.3) is 0 Å². The normalized spacial score (nSPS) is 13.3. The molecule has 2 N–H and O–H groups in total. The summed E-state index contributed by atoms with van der Waals surface area (Å²) in [5.74, 6) is -1.18. The van der Waals surface area contributed by atoms with Crippen LogP contribution in [0.3, 0.4) is 0 Å². The molecule has 0 spiro atoms. The Morgan fingerprint density at radius 2 is 1.15 bits per heavy atom. The molecule has 0 fully saturated rings. The number of carbonyl (C=O) groups is 3. The van der Waals surface area contributed by atoms with Crippen LogP contribution >= 0.6 is 0 Å². The van der Waals surface area contributed by atoms with Gasteiger partial charge in [0.1, 0.15) is 18.7 Å². The largest absolute Gasteiger partial charge is 0.467 e. The van der Waals surface area contributed by atoms with Gasteiger partial charge < -0.3 is 20.1 Å². The number of rotatable bonds is 10. The van der Waals surface area contributed by atoms with Crippen molar-refractivity contribution in [3.8, 4) is 11.1 Å². The third kappa shape index (κ3) is 6.64. The van der Waals surface area contributed by atoms with Gasteiger partial charge in [-0.25, -0.2) is 9.59 Å². The molecule has 0 aliphatic heterocycles. The van der Waals surface area contributed by atoms with Gasteiger partial charge >= 0.3 is 12.1 Å².